The second-order valence-corrected chi connectivity index (χ2v) is 3.18. The van der Waals surface area contributed by atoms with Gasteiger partial charge in [-0.1, -0.05) is 20.8 Å². The van der Waals surface area contributed by atoms with Gasteiger partial charge in [-0.05, 0) is 0 Å². The lowest BCUT2D eigenvalue weighted by Gasteiger charge is -2.27. The smallest absolute Gasteiger partial charge is 0.306 e. The number of halogens is 2. The SMILES string of the molecule is CC(C(=O)O)C(C)(C)C(F)F. The van der Waals surface area contributed by atoms with Crippen LogP contribution in [0.5, 0.6) is 0 Å². The number of carboxylic acids is 1. The van der Waals surface area contributed by atoms with Crippen LogP contribution in [0.1, 0.15) is 20.8 Å². The highest BCUT2D eigenvalue weighted by atomic mass is 19.3. The third-order valence-corrected chi connectivity index (χ3v) is 2.05. The molecule has 0 radical (unpaired) electrons. The normalized spacial score (nSPS) is 15.1. The minimum atomic E-state index is -2.60. The van der Waals surface area contributed by atoms with E-state index in [9.17, 15) is 13.6 Å². The molecule has 0 aliphatic heterocycles. The molecule has 1 N–H and O–H groups in total. The summed E-state index contributed by atoms with van der Waals surface area (Å²) < 4.78 is 24.3. The van der Waals surface area contributed by atoms with Gasteiger partial charge in [0.2, 0.25) is 6.43 Å². The van der Waals surface area contributed by atoms with Crippen LogP contribution in [0.3, 0.4) is 0 Å². The van der Waals surface area contributed by atoms with E-state index in [4.69, 9.17) is 5.11 Å². The Labute approximate surface area is 64.2 Å². The van der Waals surface area contributed by atoms with E-state index < -0.39 is 23.7 Å². The van der Waals surface area contributed by atoms with Crippen LogP contribution in [-0.4, -0.2) is 17.5 Å². The van der Waals surface area contributed by atoms with Gasteiger partial charge in [0.25, 0.3) is 0 Å². The van der Waals surface area contributed by atoms with Gasteiger partial charge in [-0.2, -0.15) is 0 Å². The van der Waals surface area contributed by atoms with E-state index in [1.807, 2.05) is 0 Å². The molecule has 0 aliphatic rings. The molecule has 0 fully saturated rings. The summed E-state index contributed by atoms with van der Waals surface area (Å²) in [7, 11) is 0. The molecule has 0 heterocycles. The van der Waals surface area contributed by atoms with E-state index in [2.05, 4.69) is 0 Å². The minimum Gasteiger partial charge on any atom is -0.481 e. The highest BCUT2D eigenvalue weighted by Crippen LogP contribution is 2.33. The first-order valence-electron chi connectivity index (χ1n) is 3.31. The summed E-state index contributed by atoms with van der Waals surface area (Å²) in [5.41, 5.74) is -1.45. The zero-order valence-corrected chi connectivity index (χ0v) is 6.77. The first-order chi connectivity index (χ1) is 4.80. The number of carboxylic acid groups (broad SMARTS) is 1. The van der Waals surface area contributed by atoms with Crippen LogP contribution in [0.4, 0.5) is 8.78 Å². The zero-order chi connectivity index (χ0) is 9.23. The molecule has 66 valence electrons. The molecule has 11 heavy (non-hydrogen) atoms. The van der Waals surface area contributed by atoms with Gasteiger partial charge < -0.3 is 5.11 Å². The molecule has 1 unspecified atom stereocenters. The van der Waals surface area contributed by atoms with Crippen molar-refractivity contribution in [2.24, 2.45) is 11.3 Å². The highest BCUT2D eigenvalue weighted by molar-refractivity contribution is 5.70. The van der Waals surface area contributed by atoms with E-state index in [0.717, 1.165) is 0 Å². The minimum absolute atomic E-state index is 1.03. The van der Waals surface area contributed by atoms with Crippen molar-refractivity contribution < 1.29 is 18.7 Å². The summed E-state index contributed by atoms with van der Waals surface area (Å²) in [6, 6.07) is 0. The molecule has 0 aromatic rings. The number of aliphatic carboxylic acids is 1. The van der Waals surface area contributed by atoms with Crippen molar-refractivity contribution in [2.75, 3.05) is 0 Å². The molecule has 1 atom stereocenters. The van der Waals surface area contributed by atoms with E-state index in [-0.39, 0.29) is 0 Å². The Morgan fingerprint density at radius 2 is 1.82 bits per heavy atom. The quantitative estimate of drug-likeness (QED) is 0.696. The molecule has 0 saturated carbocycles. The summed E-state index contributed by atoms with van der Waals surface area (Å²) in [6.45, 7) is 3.78. The lowest BCUT2D eigenvalue weighted by molar-refractivity contribution is -0.149. The summed E-state index contributed by atoms with van der Waals surface area (Å²) in [4.78, 5) is 10.3. The second kappa shape index (κ2) is 3.15. The molecule has 0 amide bonds. The van der Waals surface area contributed by atoms with E-state index in [1.165, 1.54) is 20.8 Å². The number of alkyl halides is 2. The number of hydrogen-bond acceptors (Lipinski definition) is 1. The Bertz CT molecular complexity index is 155. The maximum absolute atomic E-state index is 12.2. The maximum Gasteiger partial charge on any atom is 0.306 e. The number of rotatable bonds is 3. The third-order valence-electron chi connectivity index (χ3n) is 2.05. The van der Waals surface area contributed by atoms with Crippen LogP contribution in [0.25, 0.3) is 0 Å². The van der Waals surface area contributed by atoms with Gasteiger partial charge in [0, 0.05) is 5.41 Å². The average Bonchev–Trinajstić information content (AvgIpc) is 1.85. The largest absolute Gasteiger partial charge is 0.481 e. The molecule has 0 saturated heterocycles. The Hall–Kier alpha value is -0.670. The van der Waals surface area contributed by atoms with Gasteiger partial charge in [0.05, 0.1) is 5.92 Å². The average molecular weight is 166 g/mol. The van der Waals surface area contributed by atoms with Gasteiger partial charge in [-0.3, -0.25) is 4.79 Å². The molecular weight excluding hydrogens is 154 g/mol. The van der Waals surface area contributed by atoms with Crippen LogP contribution < -0.4 is 0 Å². The van der Waals surface area contributed by atoms with Crippen molar-refractivity contribution in [3.05, 3.63) is 0 Å². The van der Waals surface area contributed by atoms with Crippen LogP contribution in [0.15, 0.2) is 0 Å². The zero-order valence-electron chi connectivity index (χ0n) is 6.77. The van der Waals surface area contributed by atoms with Crippen LogP contribution in [-0.2, 0) is 4.79 Å². The fourth-order valence-corrected chi connectivity index (χ4v) is 0.507. The standard InChI is InChI=1S/C7H12F2O2/c1-4(5(10)11)7(2,3)6(8)9/h4,6H,1-3H3,(H,10,11). The topological polar surface area (TPSA) is 37.3 Å². The molecule has 0 aliphatic carbocycles. The number of carbonyl (C=O) groups is 1. The van der Waals surface area contributed by atoms with Gasteiger partial charge in [0.1, 0.15) is 0 Å². The maximum atomic E-state index is 12.2. The molecule has 0 aromatic heterocycles. The van der Waals surface area contributed by atoms with E-state index >= 15 is 0 Å². The van der Waals surface area contributed by atoms with Crippen molar-refractivity contribution in [2.45, 2.75) is 27.2 Å². The third kappa shape index (κ3) is 2.13. The Morgan fingerprint density at radius 1 is 1.45 bits per heavy atom. The predicted octanol–water partition coefficient (Wildman–Crippen LogP) is 2.00. The summed E-state index contributed by atoms with van der Waals surface area (Å²) in [6.07, 6.45) is -2.60. The molecular formula is C7H12F2O2. The van der Waals surface area contributed by atoms with Crippen molar-refractivity contribution in [3.63, 3.8) is 0 Å². The Balaban J connectivity index is 4.41. The van der Waals surface area contributed by atoms with Gasteiger partial charge in [-0.15, -0.1) is 0 Å². The van der Waals surface area contributed by atoms with E-state index in [1.54, 1.807) is 0 Å². The molecule has 0 rings (SSSR count). The van der Waals surface area contributed by atoms with Crippen molar-refractivity contribution >= 4 is 5.97 Å². The van der Waals surface area contributed by atoms with Crippen LogP contribution in [0.2, 0.25) is 0 Å². The highest BCUT2D eigenvalue weighted by Gasteiger charge is 2.39. The summed E-state index contributed by atoms with van der Waals surface area (Å²) in [5, 5.41) is 8.43. The molecule has 2 nitrogen and oxygen atoms in total. The summed E-state index contributed by atoms with van der Waals surface area (Å²) in [5.74, 6) is -2.21. The van der Waals surface area contributed by atoms with Crippen LogP contribution >= 0.6 is 0 Å². The van der Waals surface area contributed by atoms with Gasteiger partial charge in [-0.25, -0.2) is 8.78 Å². The fraction of sp³-hybridized carbons (Fsp3) is 0.857. The first-order valence-corrected chi connectivity index (χ1v) is 3.31. The molecule has 0 spiro atoms. The second-order valence-electron chi connectivity index (χ2n) is 3.18. The molecule has 4 heteroatoms. The van der Waals surface area contributed by atoms with Crippen molar-refractivity contribution in [1.82, 2.24) is 0 Å². The lowest BCUT2D eigenvalue weighted by Crippen LogP contribution is -2.34. The van der Waals surface area contributed by atoms with Crippen molar-refractivity contribution in [1.29, 1.82) is 0 Å². The van der Waals surface area contributed by atoms with Crippen molar-refractivity contribution in [3.8, 4) is 0 Å². The predicted molar refractivity (Wildman–Crippen MR) is 36.6 cm³/mol. The molecule has 0 bridgehead atoms. The lowest BCUT2D eigenvalue weighted by atomic mass is 9.80. The summed E-state index contributed by atoms with van der Waals surface area (Å²) >= 11 is 0. The van der Waals surface area contributed by atoms with E-state index in [0.29, 0.717) is 0 Å². The fourth-order valence-electron chi connectivity index (χ4n) is 0.507. The Kier molecular flexibility index (Phi) is 2.96. The Morgan fingerprint density at radius 3 is 1.91 bits per heavy atom. The van der Waals surface area contributed by atoms with Gasteiger partial charge >= 0.3 is 5.97 Å². The first kappa shape index (κ1) is 10.3. The molecule has 0 aromatic carbocycles. The van der Waals surface area contributed by atoms with Gasteiger partial charge in [0.15, 0.2) is 0 Å². The number of hydrogen-bond donors (Lipinski definition) is 1. The monoisotopic (exact) mass is 166 g/mol. The van der Waals surface area contributed by atoms with Crippen LogP contribution in [0, 0.1) is 11.3 Å².